The van der Waals surface area contributed by atoms with E-state index in [1.807, 2.05) is 24.3 Å². The third kappa shape index (κ3) is 3.03. The Morgan fingerprint density at radius 1 is 1.44 bits per heavy atom. The van der Waals surface area contributed by atoms with Crippen LogP contribution in [-0.4, -0.2) is 25.5 Å². The predicted octanol–water partition coefficient (Wildman–Crippen LogP) is 2.33. The van der Waals surface area contributed by atoms with Gasteiger partial charge in [0.1, 0.15) is 5.54 Å². The lowest BCUT2D eigenvalue weighted by Gasteiger charge is -2.32. The van der Waals surface area contributed by atoms with Gasteiger partial charge in [0, 0.05) is 10.2 Å². The van der Waals surface area contributed by atoms with Gasteiger partial charge in [-0.2, -0.15) is 5.26 Å². The van der Waals surface area contributed by atoms with E-state index >= 15 is 0 Å². The number of hydrogen-bond donors (Lipinski definition) is 1. The number of nitrogens with zero attached hydrogens (tertiary/aromatic N) is 1. The first-order valence-corrected chi connectivity index (χ1v) is 8.22. The van der Waals surface area contributed by atoms with Gasteiger partial charge in [0.15, 0.2) is 9.84 Å². The van der Waals surface area contributed by atoms with Crippen molar-refractivity contribution in [1.29, 1.82) is 5.26 Å². The van der Waals surface area contributed by atoms with E-state index in [0.29, 0.717) is 12.8 Å². The molecule has 96 valence electrons. The molecule has 0 aromatic heterocycles. The molecule has 1 heterocycles. The molecule has 1 saturated heterocycles. The molecule has 1 aliphatic rings. The molecular weight excluding hydrogens is 316 g/mol. The highest BCUT2D eigenvalue weighted by molar-refractivity contribution is 9.10. The molecule has 2 rings (SSSR count). The quantitative estimate of drug-likeness (QED) is 0.904. The largest absolute Gasteiger partial charge is 0.367 e. The van der Waals surface area contributed by atoms with E-state index < -0.39 is 15.4 Å². The van der Waals surface area contributed by atoms with Crippen LogP contribution in [0.2, 0.25) is 0 Å². The molecule has 4 nitrogen and oxygen atoms in total. The van der Waals surface area contributed by atoms with E-state index in [2.05, 4.69) is 27.3 Å². The molecule has 0 amide bonds. The van der Waals surface area contributed by atoms with Crippen LogP contribution in [0.1, 0.15) is 12.8 Å². The number of halogens is 1. The number of nitrogens with one attached hydrogen (secondary N) is 1. The Morgan fingerprint density at radius 2 is 2.22 bits per heavy atom. The first-order valence-electron chi connectivity index (χ1n) is 5.60. The van der Waals surface area contributed by atoms with Crippen LogP contribution in [-0.2, 0) is 9.84 Å². The Balaban J connectivity index is 2.27. The molecule has 6 heteroatoms. The minimum absolute atomic E-state index is 0.122. The number of benzene rings is 1. The fraction of sp³-hybridized carbons (Fsp3) is 0.417. The van der Waals surface area contributed by atoms with E-state index in [9.17, 15) is 13.7 Å². The molecule has 1 aromatic rings. The lowest BCUT2D eigenvalue weighted by molar-refractivity contribution is 0.519. The van der Waals surface area contributed by atoms with Gasteiger partial charge in [-0.15, -0.1) is 0 Å². The van der Waals surface area contributed by atoms with E-state index in [1.54, 1.807) is 0 Å². The third-order valence-corrected chi connectivity index (χ3v) is 5.28. The van der Waals surface area contributed by atoms with E-state index in [0.717, 1.165) is 10.2 Å². The van der Waals surface area contributed by atoms with Crippen LogP contribution in [0.3, 0.4) is 0 Å². The molecule has 1 fully saturated rings. The summed E-state index contributed by atoms with van der Waals surface area (Å²) in [6.07, 6.45) is 1.08. The minimum atomic E-state index is -3.13. The number of rotatable bonds is 2. The highest BCUT2D eigenvalue weighted by atomic mass is 79.9. The summed E-state index contributed by atoms with van der Waals surface area (Å²) >= 11 is 3.35. The summed E-state index contributed by atoms with van der Waals surface area (Å²) in [4.78, 5) is 0. The topological polar surface area (TPSA) is 70.0 Å². The molecular formula is C12H13BrN2O2S. The number of anilines is 1. The van der Waals surface area contributed by atoms with Crippen molar-refractivity contribution in [2.45, 2.75) is 18.4 Å². The van der Waals surface area contributed by atoms with Gasteiger partial charge in [-0.25, -0.2) is 8.42 Å². The normalized spacial score (nSPS) is 26.2. The summed E-state index contributed by atoms with van der Waals surface area (Å²) in [7, 11) is -3.13. The Bertz CT molecular complexity index is 594. The van der Waals surface area contributed by atoms with Gasteiger partial charge in [-0.05, 0) is 31.0 Å². The standard InChI is InChI=1S/C12H13BrN2O2S/c13-10-3-1-4-11(7-10)15-12(8-14)5-2-6-18(16,17)9-12/h1,3-4,7,15H,2,5-6,9H2. The summed E-state index contributed by atoms with van der Waals surface area (Å²) in [6.45, 7) is 0. The van der Waals surface area contributed by atoms with Gasteiger partial charge in [-0.1, -0.05) is 22.0 Å². The molecule has 1 aromatic carbocycles. The van der Waals surface area contributed by atoms with Gasteiger partial charge in [0.05, 0.1) is 17.6 Å². The molecule has 18 heavy (non-hydrogen) atoms. The smallest absolute Gasteiger partial charge is 0.153 e. The van der Waals surface area contributed by atoms with Crippen molar-refractivity contribution in [3.05, 3.63) is 28.7 Å². The molecule has 0 aliphatic carbocycles. The monoisotopic (exact) mass is 328 g/mol. The fourth-order valence-electron chi connectivity index (χ4n) is 2.17. The second-order valence-electron chi connectivity index (χ2n) is 4.52. The second-order valence-corrected chi connectivity index (χ2v) is 7.62. The van der Waals surface area contributed by atoms with E-state index in [4.69, 9.17) is 0 Å². The zero-order valence-corrected chi connectivity index (χ0v) is 12.1. The van der Waals surface area contributed by atoms with Gasteiger partial charge in [0.25, 0.3) is 0 Å². The minimum Gasteiger partial charge on any atom is -0.367 e. The number of sulfone groups is 1. The van der Waals surface area contributed by atoms with Crippen LogP contribution in [0.5, 0.6) is 0 Å². The first kappa shape index (κ1) is 13.4. The molecule has 1 unspecified atom stereocenters. The van der Waals surface area contributed by atoms with Gasteiger partial charge in [0.2, 0.25) is 0 Å². The molecule has 0 bridgehead atoms. The Labute approximate surface area is 115 Å². The maximum absolute atomic E-state index is 11.7. The Kier molecular flexibility index (Phi) is 3.64. The maximum Gasteiger partial charge on any atom is 0.153 e. The second kappa shape index (κ2) is 4.90. The number of hydrogen-bond acceptors (Lipinski definition) is 4. The summed E-state index contributed by atoms with van der Waals surface area (Å²) in [5.41, 5.74) is -0.249. The van der Waals surface area contributed by atoms with Crippen molar-refractivity contribution in [2.24, 2.45) is 0 Å². The van der Waals surface area contributed by atoms with Crippen molar-refractivity contribution in [1.82, 2.24) is 0 Å². The average Bonchev–Trinajstić information content (AvgIpc) is 2.27. The average molecular weight is 329 g/mol. The molecule has 0 spiro atoms. The van der Waals surface area contributed by atoms with E-state index in [-0.39, 0.29) is 11.5 Å². The van der Waals surface area contributed by atoms with Crippen LogP contribution in [0.15, 0.2) is 28.7 Å². The zero-order chi connectivity index (χ0) is 13.2. The fourth-order valence-corrected chi connectivity index (χ4v) is 4.33. The highest BCUT2D eigenvalue weighted by Gasteiger charge is 2.39. The lowest BCUT2D eigenvalue weighted by Crippen LogP contribution is -2.47. The zero-order valence-electron chi connectivity index (χ0n) is 9.69. The van der Waals surface area contributed by atoms with Crippen LogP contribution in [0.4, 0.5) is 5.69 Å². The summed E-state index contributed by atoms with van der Waals surface area (Å²) in [6, 6.07) is 9.51. The van der Waals surface area contributed by atoms with Crippen molar-refractivity contribution >= 4 is 31.5 Å². The summed E-state index contributed by atoms with van der Waals surface area (Å²) in [5, 5.41) is 12.4. The molecule has 1 aliphatic heterocycles. The summed E-state index contributed by atoms with van der Waals surface area (Å²) in [5.74, 6) is 0.0552. The molecule has 1 N–H and O–H groups in total. The third-order valence-electron chi connectivity index (χ3n) is 2.95. The Morgan fingerprint density at radius 3 is 2.83 bits per heavy atom. The van der Waals surface area contributed by atoms with Crippen LogP contribution in [0, 0.1) is 11.3 Å². The predicted molar refractivity (Wildman–Crippen MR) is 74.0 cm³/mol. The van der Waals surface area contributed by atoms with Crippen LogP contribution < -0.4 is 5.32 Å². The van der Waals surface area contributed by atoms with Crippen molar-refractivity contribution in [2.75, 3.05) is 16.8 Å². The first-order chi connectivity index (χ1) is 8.45. The van der Waals surface area contributed by atoms with Gasteiger partial charge >= 0.3 is 0 Å². The van der Waals surface area contributed by atoms with Crippen molar-refractivity contribution < 1.29 is 8.42 Å². The van der Waals surface area contributed by atoms with Crippen LogP contribution >= 0.6 is 15.9 Å². The summed E-state index contributed by atoms with van der Waals surface area (Å²) < 4.78 is 24.3. The van der Waals surface area contributed by atoms with Crippen molar-refractivity contribution in [3.63, 3.8) is 0 Å². The van der Waals surface area contributed by atoms with Crippen molar-refractivity contribution in [3.8, 4) is 6.07 Å². The van der Waals surface area contributed by atoms with Crippen LogP contribution in [0.25, 0.3) is 0 Å². The van der Waals surface area contributed by atoms with Gasteiger partial charge in [-0.3, -0.25) is 0 Å². The SMILES string of the molecule is N#CC1(Nc2cccc(Br)c2)CCCS(=O)(=O)C1. The lowest BCUT2D eigenvalue weighted by atomic mass is 9.97. The molecule has 0 radical (unpaired) electrons. The van der Waals surface area contributed by atoms with E-state index in [1.165, 1.54) is 0 Å². The van der Waals surface area contributed by atoms with Gasteiger partial charge < -0.3 is 5.32 Å². The maximum atomic E-state index is 11.7. The number of nitriles is 1. The highest BCUT2D eigenvalue weighted by Crippen LogP contribution is 2.28. The molecule has 1 atom stereocenters. The molecule has 0 saturated carbocycles. The Hall–Kier alpha value is -1.06.